The van der Waals surface area contributed by atoms with E-state index in [1.807, 2.05) is 6.92 Å². The summed E-state index contributed by atoms with van der Waals surface area (Å²) in [4.78, 5) is 38.0. The first-order valence-corrected chi connectivity index (χ1v) is 9.18. The van der Waals surface area contributed by atoms with Crippen molar-refractivity contribution < 1.29 is 19.5 Å². The maximum atomic E-state index is 12.7. The molecule has 0 unspecified atom stereocenters. The van der Waals surface area contributed by atoms with Gasteiger partial charge in [0.05, 0.1) is 11.3 Å². The molecule has 0 aliphatic carbocycles. The van der Waals surface area contributed by atoms with Crippen LogP contribution in [0.1, 0.15) is 27.3 Å². The van der Waals surface area contributed by atoms with E-state index in [0.29, 0.717) is 16.9 Å². The number of benzene rings is 1. The highest BCUT2D eigenvalue weighted by molar-refractivity contribution is 7.80. The van der Waals surface area contributed by atoms with Gasteiger partial charge >= 0.3 is 5.97 Å². The Morgan fingerprint density at radius 2 is 1.97 bits per heavy atom. The number of carbonyl (C=O) groups is 3. The molecule has 29 heavy (non-hydrogen) atoms. The first-order chi connectivity index (χ1) is 13.8. The van der Waals surface area contributed by atoms with E-state index in [9.17, 15) is 19.5 Å². The minimum atomic E-state index is -1.04. The fraction of sp³-hybridized carbons (Fsp3) is 0.143. The number of aromatic nitrogens is 1. The van der Waals surface area contributed by atoms with Crippen LogP contribution in [0.5, 0.6) is 0 Å². The average Bonchev–Trinajstić information content (AvgIpc) is 2.95. The van der Waals surface area contributed by atoms with Crippen LogP contribution in [0, 0.1) is 13.8 Å². The van der Waals surface area contributed by atoms with Gasteiger partial charge in [0.25, 0.3) is 11.8 Å². The predicted molar refractivity (Wildman–Crippen MR) is 113 cm³/mol. The normalized spacial score (nSPS) is 15.6. The number of aryl methyl sites for hydroxylation is 1. The lowest BCUT2D eigenvalue weighted by atomic mass is 10.1. The van der Waals surface area contributed by atoms with Crippen LogP contribution in [-0.4, -0.2) is 44.0 Å². The number of carboxylic acid groups (broad SMARTS) is 1. The van der Waals surface area contributed by atoms with Gasteiger partial charge in [-0.3, -0.25) is 19.8 Å². The number of aromatic carboxylic acids is 1. The number of thiocarbonyl (C=S) groups is 1. The van der Waals surface area contributed by atoms with Crippen molar-refractivity contribution in [2.75, 3.05) is 6.54 Å². The summed E-state index contributed by atoms with van der Waals surface area (Å²) in [6.07, 6.45) is 3.02. The van der Waals surface area contributed by atoms with E-state index in [2.05, 4.69) is 11.9 Å². The van der Waals surface area contributed by atoms with E-state index < -0.39 is 17.8 Å². The van der Waals surface area contributed by atoms with Gasteiger partial charge < -0.3 is 9.67 Å². The fourth-order valence-electron chi connectivity index (χ4n) is 3.30. The van der Waals surface area contributed by atoms with Crippen LogP contribution in [0.3, 0.4) is 0 Å². The van der Waals surface area contributed by atoms with Crippen molar-refractivity contribution in [3.63, 3.8) is 0 Å². The molecule has 2 heterocycles. The highest BCUT2D eigenvalue weighted by Crippen LogP contribution is 2.26. The second kappa shape index (κ2) is 7.84. The Bertz CT molecular complexity index is 1100. The van der Waals surface area contributed by atoms with Crippen molar-refractivity contribution in [2.45, 2.75) is 13.8 Å². The van der Waals surface area contributed by atoms with E-state index in [1.54, 1.807) is 35.8 Å². The molecule has 1 aromatic heterocycles. The number of amides is 2. The molecule has 8 heteroatoms. The van der Waals surface area contributed by atoms with Gasteiger partial charge in [0, 0.05) is 17.9 Å². The number of para-hydroxylation sites is 1. The lowest BCUT2D eigenvalue weighted by Crippen LogP contribution is -2.53. The fourth-order valence-corrected chi connectivity index (χ4v) is 3.55. The summed E-state index contributed by atoms with van der Waals surface area (Å²) in [5, 5.41) is 12.1. The van der Waals surface area contributed by atoms with Gasteiger partial charge in [-0.2, -0.15) is 0 Å². The van der Waals surface area contributed by atoms with Gasteiger partial charge in [0.2, 0.25) is 0 Å². The number of hydrogen-bond donors (Lipinski definition) is 2. The number of nitrogens with zero attached hydrogens (tertiary/aromatic N) is 2. The summed E-state index contributed by atoms with van der Waals surface area (Å²) in [5.41, 5.74) is 2.72. The van der Waals surface area contributed by atoms with Gasteiger partial charge in [0.1, 0.15) is 5.57 Å². The summed E-state index contributed by atoms with van der Waals surface area (Å²) in [5.74, 6) is -2.12. The smallest absolute Gasteiger partial charge is 0.337 e. The van der Waals surface area contributed by atoms with Crippen LogP contribution in [-0.2, 0) is 9.59 Å². The van der Waals surface area contributed by atoms with E-state index >= 15 is 0 Å². The van der Waals surface area contributed by atoms with Crippen molar-refractivity contribution in [1.82, 2.24) is 14.8 Å². The summed E-state index contributed by atoms with van der Waals surface area (Å²) >= 11 is 5.06. The second-order valence-corrected chi connectivity index (χ2v) is 6.89. The first kappa shape index (κ1) is 20.2. The molecule has 2 aromatic rings. The molecule has 0 radical (unpaired) electrons. The number of carbonyl (C=O) groups excluding carboxylic acids is 2. The summed E-state index contributed by atoms with van der Waals surface area (Å²) in [6.45, 7) is 7.41. The largest absolute Gasteiger partial charge is 0.478 e. The van der Waals surface area contributed by atoms with Gasteiger partial charge in [-0.05, 0) is 55.9 Å². The average molecular weight is 409 g/mol. The highest BCUT2D eigenvalue weighted by atomic mass is 32.1. The molecule has 3 rings (SSSR count). The standard InChI is InChI=1S/C21H19N3O4S/c1-4-9-23-19(26)16(18(25)22-21(23)29)11-14-10-12(2)24(13(14)3)17-8-6-5-7-15(17)20(27)28/h4-8,10-11H,1,9H2,2-3H3,(H,27,28)(H,22,25,29). The Labute approximate surface area is 172 Å². The molecule has 0 bridgehead atoms. The maximum Gasteiger partial charge on any atom is 0.337 e. The van der Waals surface area contributed by atoms with Crippen LogP contribution in [0.15, 0.2) is 48.6 Å². The molecule has 1 aliphatic heterocycles. The van der Waals surface area contributed by atoms with Gasteiger partial charge in [0.15, 0.2) is 5.11 Å². The second-order valence-electron chi connectivity index (χ2n) is 6.51. The minimum Gasteiger partial charge on any atom is -0.478 e. The molecule has 7 nitrogen and oxygen atoms in total. The lowest BCUT2D eigenvalue weighted by Gasteiger charge is -2.27. The van der Waals surface area contributed by atoms with Crippen molar-refractivity contribution in [3.05, 3.63) is 71.1 Å². The number of hydrogen-bond acceptors (Lipinski definition) is 4. The maximum absolute atomic E-state index is 12.7. The topological polar surface area (TPSA) is 91.6 Å². The monoisotopic (exact) mass is 409 g/mol. The zero-order valence-corrected chi connectivity index (χ0v) is 16.7. The summed E-state index contributed by atoms with van der Waals surface area (Å²) < 4.78 is 1.78. The van der Waals surface area contributed by atoms with Crippen LogP contribution in [0.4, 0.5) is 0 Å². The van der Waals surface area contributed by atoms with E-state index in [1.165, 1.54) is 23.1 Å². The van der Waals surface area contributed by atoms with Gasteiger partial charge in [-0.25, -0.2) is 4.79 Å². The first-order valence-electron chi connectivity index (χ1n) is 8.77. The highest BCUT2D eigenvalue weighted by Gasteiger charge is 2.33. The van der Waals surface area contributed by atoms with Crippen molar-refractivity contribution in [1.29, 1.82) is 0 Å². The quantitative estimate of drug-likeness (QED) is 0.343. The third kappa shape index (κ3) is 3.62. The van der Waals surface area contributed by atoms with Crippen LogP contribution >= 0.6 is 12.2 Å². The molecule has 2 amide bonds. The molecule has 148 valence electrons. The summed E-state index contributed by atoms with van der Waals surface area (Å²) in [7, 11) is 0. The zero-order chi connectivity index (χ0) is 21.3. The van der Waals surface area contributed by atoms with Gasteiger partial charge in [-0.1, -0.05) is 18.2 Å². The Kier molecular flexibility index (Phi) is 5.47. The minimum absolute atomic E-state index is 0.0397. The third-order valence-electron chi connectivity index (χ3n) is 4.64. The number of nitrogens with one attached hydrogen (secondary N) is 1. The molecule has 1 fully saturated rings. The Morgan fingerprint density at radius 3 is 2.62 bits per heavy atom. The molecule has 0 atom stereocenters. The third-order valence-corrected chi connectivity index (χ3v) is 4.97. The van der Waals surface area contributed by atoms with Crippen LogP contribution < -0.4 is 5.32 Å². The Morgan fingerprint density at radius 1 is 1.28 bits per heavy atom. The van der Waals surface area contributed by atoms with E-state index in [0.717, 1.165) is 5.69 Å². The van der Waals surface area contributed by atoms with Crippen LogP contribution in [0.25, 0.3) is 11.8 Å². The van der Waals surface area contributed by atoms with Crippen LogP contribution in [0.2, 0.25) is 0 Å². The predicted octanol–water partition coefficient (Wildman–Crippen LogP) is 2.61. The van der Waals surface area contributed by atoms with Crippen molar-refractivity contribution >= 4 is 41.2 Å². The molecule has 2 N–H and O–H groups in total. The SMILES string of the molecule is C=CCN1C(=O)C(=Cc2cc(C)n(-c3ccccc3C(=O)O)c2C)C(=O)NC1=S. The number of rotatable bonds is 5. The molecule has 1 saturated heterocycles. The zero-order valence-electron chi connectivity index (χ0n) is 15.9. The molecule has 0 saturated carbocycles. The Hall–Kier alpha value is -3.52. The number of carboxylic acids is 1. The summed E-state index contributed by atoms with van der Waals surface area (Å²) in [6, 6.07) is 8.45. The van der Waals surface area contributed by atoms with Gasteiger partial charge in [-0.15, -0.1) is 6.58 Å². The molecule has 1 aliphatic rings. The molecular weight excluding hydrogens is 390 g/mol. The molecular formula is C21H19N3O4S. The van der Waals surface area contributed by atoms with E-state index in [-0.39, 0.29) is 22.8 Å². The van der Waals surface area contributed by atoms with Crippen molar-refractivity contribution in [3.8, 4) is 5.69 Å². The molecule has 0 spiro atoms. The van der Waals surface area contributed by atoms with E-state index in [4.69, 9.17) is 12.2 Å². The van der Waals surface area contributed by atoms with Crippen molar-refractivity contribution in [2.24, 2.45) is 0 Å². The Balaban J connectivity index is 2.11. The molecule has 1 aromatic carbocycles. The lowest BCUT2D eigenvalue weighted by molar-refractivity contribution is -0.128.